The van der Waals surface area contributed by atoms with E-state index < -0.39 is 9.84 Å². The highest BCUT2D eigenvalue weighted by Crippen LogP contribution is 2.05. The van der Waals surface area contributed by atoms with Gasteiger partial charge in [0, 0.05) is 13.1 Å². The van der Waals surface area contributed by atoms with Gasteiger partial charge < -0.3 is 4.90 Å². The molecule has 1 aromatic rings. The van der Waals surface area contributed by atoms with Crippen molar-refractivity contribution in [3.63, 3.8) is 0 Å². The average molecular weight is 288 g/mol. The third kappa shape index (κ3) is 3.76. The fraction of sp³-hybridized carbons (Fsp3) is 0.727. The lowest BCUT2D eigenvalue weighted by atomic mass is 10.4. The molecule has 0 spiro atoms. The molecule has 0 aliphatic rings. The third-order valence-corrected chi connectivity index (χ3v) is 4.09. The first-order valence-corrected chi connectivity index (χ1v) is 8.05. The van der Waals surface area contributed by atoms with Crippen molar-refractivity contribution in [2.24, 2.45) is 0 Å². The predicted octanol–water partition coefficient (Wildman–Crippen LogP) is 1.16. The summed E-state index contributed by atoms with van der Waals surface area (Å²) in [5.74, 6) is -0.0845. The van der Waals surface area contributed by atoms with E-state index >= 15 is 0 Å². The molecule has 0 atom stereocenters. The molecule has 0 unspecified atom stereocenters. The molecule has 1 amide bonds. The SMILES string of the molecule is CCCN(CCC)C(=O)n1cnc(S(=O)(=O)CC)n1. The summed E-state index contributed by atoms with van der Waals surface area (Å²) in [5.41, 5.74) is 0. The van der Waals surface area contributed by atoms with Gasteiger partial charge in [0.05, 0.1) is 5.75 Å². The fourth-order valence-corrected chi connectivity index (χ4v) is 2.28. The molecule has 0 bridgehead atoms. The maximum atomic E-state index is 12.1. The summed E-state index contributed by atoms with van der Waals surface area (Å²) in [7, 11) is -3.47. The minimum atomic E-state index is -3.47. The van der Waals surface area contributed by atoms with Gasteiger partial charge in [-0.25, -0.2) is 18.2 Å². The second-order valence-corrected chi connectivity index (χ2v) is 6.32. The van der Waals surface area contributed by atoms with Gasteiger partial charge in [-0.05, 0) is 12.8 Å². The van der Waals surface area contributed by atoms with E-state index in [1.54, 1.807) is 4.90 Å². The van der Waals surface area contributed by atoms with Crippen molar-refractivity contribution >= 4 is 15.9 Å². The van der Waals surface area contributed by atoms with Crippen LogP contribution in [0.1, 0.15) is 33.6 Å². The molecule has 0 saturated heterocycles. The number of rotatable bonds is 6. The van der Waals surface area contributed by atoms with Crippen LogP contribution in [0.3, 0.4) is 0 Å². The lowest BCUT2D eigenvalue weighted by Crippen LogP contribution is -2.36. The Morgan fingerprint density at radius 2 is 1.84 bits per heavy atom. The summed E-state index contributed by atoms with van der Waals surface area (Å²) in [5, 5.41) is 3.47. The first-order chi connectivity index (χ1) is 8.96. The van der Waals surface area contributed by atoms with Gasteiger partial charge in [0.2, 0.25) is 9.84 Å². The molecule has 108 valence electrons. The molecule has 0 N–H and O–H groups in total. The van der Waals surface area contributed by atoms with Crippen LogP contribution < -0.4 is 0 Å². The second kappa shape index (κ2) is 6.65. The van der Waals surface area contributed by atoms with E-state index in [9.17, 15) is 13.2 Å². The highest BCUT2D eigenvalue weighted by molar-refractivity contribution is 7.91. The Balaban J connectivity index is 2.94. The largest absolute Gasteiger partial charge is 0.346 e. The number of aromatic nitrogens is 3. The van der Waals surface area contributed by atoms with Gasteiger partial charge in [-0.2, -0.15) is 4.68 Å². The van der Waals surface area contributed by atoms with Gasteiger partial charge in [0.15, 0.2) is 0 Å². The molecule has 0 aliphatic heterocycles. The highest BCUT2D eigenvalue weighted by atomic mass is 32.2. The van der Waals surface area contributed by atoms with Crippen molar-refractivity contribution < 1.29 is 13.2 Å². The van der Waals surface area contributed by atoms with E-state index in [4.69, 9.17) is 0 Å². The van der Waals surface area contributed by atoms with E-state index in [1.165, 1.54) is 6.92 Å². The molecule has 0 radical (unpaired) electrons. The lowest BCUT2D eigenvalue weighted by molar-refractivity contribution is 0.196. The number of carbonyl (C=O) groups excluding carboxylic acids is 1. The summed E-state index contributed by atoms with van der Waals surface area (Å²) >= 11 is 0. The zero-order valence-corrected chi connectivity index (χ0v) is 12.4. The van der Waals surface area contributed by atoms with Crippen molar-refractivity contribution in [2.75, 3.05) is 18.8 Å². The summed E-state index contributed by atoms with van der Waals surface area (Å²) < 4.78 is 24.2. The topological polar surface area (TPSA) is 85.2 Å². The Labute approximate surface area is 113 Å². The van der Waals surface area contributed by atoms with E-state index in [2.05, 4.69) is 10.1 Å². The monoisotopic (exact) mass is 288 g/mol. The Bertz CT molecular complexity index is 518. The van der Waals surface area contributed by atoms with E-state index in [1.807, 2.05) is 13.8 Å². The van der Waals surface area contributed by atoms with Crippen LogP contribution in [0.5, 0.6) is 0 Å². The van der Waals surface area contributed by atoms with Crippen LogP contribution in [0.2, 0.25) is 0 Å². The van der Waals surface area contributed by atoms with Crippen molar-refractivity contribution in [2.45, 2.75) is 38.8 Å². The summed E-state index contributed by atoms with van der Waals surface area (Å²) in [4.78, 5) is 17.5. The zero-order chi connectivity index (χ0) is 14.5. The Hall–Kier alpha value is -1.44. The zero-order valence-electron chi connectivity index (χ0n) is 11.5. The molecule has 0 aliphatic carbocycles. The molecular weight excluding hydrogens is 268 g/mol. The molecule has 1 aromatic heterocycles. The maximum Gasteiger partial charge on any atom is 0.346 e. The molecule has 1 heterocycles. The lowest BCUT2D eigenvalue weighted by Gasteiger charge is -2.20. The van der Waals surface area contributed by atoms with Crippen LogP contribution in [-0.2, 0) is 9.84 Å². The van der Waals surface area contributed by atoms with Crippen molar-refractivity contribution in [1.29, 1.82) is 0 Å². The standard InChI is InChI=1S/C11H20N4O3S/c1-4-7-14(8-5-2)11(16)15-9-12-10(13-15)19(17,18)6-3/h9H,4-8H2,1-3H3. The van der Waals surface area contributed by atoms with Crippen LogP contribution in [0.15, 0.2) is 11.5 Å². The first-order valence-electron chi connectivity index (χ1n) is 6.39. The van der Waals surface area contributed by atoms with Gasteiger partial charge in [0.25, 0.3) is 5.16 Å². The minimum absolute atomic E-state index is 0.0845. The average Bonchev–Trinajstić information content (AvgIpc) is 2.88. The molecule has 0 aromatic carbocycles. The molecule has 0 fully saturated rings. The van der Waals surface area contributed by atoms with Crippen LogP contribution in [0.25, 0.3) is 0 Å². The van der Waals surface area contributed by atoms with Gasteiger partial charge in [0.1, 0.15) is 6.33 Å². The minimum Gasteiger partial charge on any atom is -0.323 e. The Morgan fingerprint density at radius 1 is 1.26 bits per heavy atom. The second-order valence-electron chi connectivity index (χ2n) is 4.14. The van der Waals surface area contributed by atoms with Gasteiger partial charge >= 0.3 is 6.03 Å². The molecule has 1 rings (SSSR count). The van der Waals surface area contributed by atoms with Gasteiger partial charge in [-0.3, -0.25) is 0 Å². The van der Waals surface area contributed by atoms with Gasteiger partial charge in [-0.15, -0.1) is 5.10 Å². The molecule has 8 heteroatoms. The number of hydrogen-bond acceptors (Lipinski definition) is 5. The van der Waals surface area contributed by atoms with Crippen molar-refractivity contribution in [3.8, 4) is 0 Å². The third-order valence-electron chi connectivity index (χ3n) is 2.58. The smallest absolute Gasteiger partial charge is 0.323 e. The van der Waals surface area contributed by atoms with Crippen molar-refractivity contribution in [3.05, 3.63) is 6.33 Å². The van der Waals surface area contributed by atoms with Crippen LogP contribution >= 0.6 is 0 Å². The van der Waals surface area contributed by atoms with E-state index in [0.29, 0.717) is 13.1 Å². The molecule has 0 saturated carbocycles. The quantitative estimate of drug-likeness (QED) is 0.784. The maximum absolute atomic E-state index is 12.1. The summed E-state index contributed by atoms with van der Waals surface area (Å²) in [6, 6.07) is -0.339. The Kier molecular flexibility index (Phi) is 5.46. The fourth-order valence-electron chi connectivity index (χ4n) is 1.60. The van der Waals surface area contributed by atoms with E-state index in [0.717, 1.165) is 23.9 Å². The van der Waals surface area contributed by atoms with Crippen LogP contribution in [0, 0.1) is 0 Å². The number of nitrogens with zero attached hydrogens (tertiary/aromatic N) is 4. The predicted molar refractivity (Wildman–Crippen MR) is 70.7 cm³/mol. The van der Waals surface area contributed by atoms with Gasteiger partial charge in [-0.1, -0.05) is 20.8 Å². The van der Waals surface area contributed by atoms with Crippen molar-refractivity contribution in [1.82, 2.24) is 19.7 Å². The molecule has 7 nitrogen and oxygen atoms in total. The first kappa shape index (κ1) is 15.6. The highest BCUT2D eigenvalue weighted by Gasteiger charge is 2.21. The number of sulfone groups is 1. The number of hydrogen-bond donors (Lipinski definition) is 0. The van der Waals surface area contributed by atoms with Crippen LogP contribution in [-0.4, -0.2) is 53.0 Å². The number of amides is 1. The molecule has 19 heavy (non-hydrogen) atoms. The van der Waals surface area contributed by atoms with Crippen LogP contribution in [0.4, 0.5) is 4.79 Å². The van der Waals surface area contributed by atoms with E-state index in [-0.39, 0.29) is 16.9 Å². The molecular formula is C11H20N4O3S. The number of carbonyl (C=O) groups is 1. The summed E-state index contributed by atoms with van der Waals surface area (Å²) in [6.45, 7) is 6.69. The summed E-state index contributed by atoms with van der Waals surface area (Å²) in [6.07, 6.45) is 2.82. The normalized spacial score (nSPS) is 11.5. The Morgan fingerprint density at radius 3 is 2.32 bits per heavy atom.